The Morgan fingerprint density at radius 3 is 2.38 bits per heavy atom. The highest BCUT2D eigenvalue weighted by Gasteiger charge is 2.04. The fourth-order valence-electron chi connectivity index (χ4n) is 3.07. The third-order valence-corrected chi connectivity index (χ3v) is 5.16. The van der Waals surface area contributed by atoms with E-state index in [4.69, 9.17) is 27.9 Å². The molecule has 0 bridgehead atoms. The lowest BCUT2D eigenvalue weighted by molar-refractivity contribution is 0.302. The largest absolute Gasteiger partial charge is 0.487 e. The Kier molecular flexibility index (Phi) is 6.14. The summed E-state index contributed by atoms with van der Waals surface area (Å²) in [5.41, 5.74) is 5.04. The first-order chi connectivity index (χ1) is 14.2. The second kappa shape index (κ2) is 9.13. The van der Waals surface area contributed by atoms with Crippen molar-refractivity contribution in [2.75, 3.05) is 5.88 Å². The van der Waals surface area contributed by atoms with Crippen molar-refractivity contribution >= 4 is 45.8 Å². The lowest BCUT2D eigenvalue weighted by Crippen LogP contribution is -1.98. The minimum atomic E-state index is 0.420. The summed E-state index contributed by atoms with van der Waals surface area (Å²) in [6.45, 7) is 0.424. The van der Waals surface area contributed by atoms with Gasteiger partial charge in [0, 0.05) is 16.3 Å². The third-order valence-electron chi connectivity index (χ3n) is 4.62. The van der Waals surface area contributed by atoms with Crippen molar-refractivity contribution in [2.24, 2.45) is 0 Å². The molecule has 4 aromatic rings. The summed E-state index contributed by atoms with van der Waals surface area (Å²) in [5.74, 6) is 1.22. The molecule has 3 aromatic carbocycles. The quantitative estimate of drug-likeness (QED) is 0.242. The van der Waals surface area contributed by atoms with Crippen molar-refractivity contribution in [1.29, 1.82) is 0 Å². The molecule has 29 heavy (non-hydrogen) atoms. The fourth-order valence-corrected chi connectivity index (χ4v) is 3.43. The van der Waals surface area contributed by atoms with E-state index in [-0.39, 0.29) is 0 Å². The molecule has 0 saturated heterocycles. The van der Waals surface area contributed by atoms with Crippen molar-refractivity contribution in [3.8, 4) is 5.75 Å². The lowest BCUT2D eigenvalue weighted by atomic mass is 10.0. The third kappa shape index (κ3) is 4.97. The first kappa shape index (κ1) is 19.5. The van der Waals surface area contributed by atoms with Crippen LogP contribution in [0.25, 0.3) is 22.6 Å². The van der Waals surface area contributed by atoms with E-state index in [1.54, 1.807) is 0 Å². The van der Waals surface area contributed by atoms with Crippen LogP contribution >= 0.6 is 23.2 Å². The summed E-state index contributed by atoms with van der Waals surface area (Å²) < 4.78 is 5.91. The maximum absolute atomic E-state index is 6.18. The van der Waals surface area contributed by atoms with Gasteiger partial charge in [-0.1, -0.05) is 60.1 Å². The summed E-state index contributed by atoms with van der Waals surface area (Å²) in [5, 5.41) is 1.85. The number of para-hydroxylation sites is 1. The van der Waals surface area contributed by atoms with E-state index in [1.807, 2.05) is 72.8 Å². The van der Waals surface area contributed by atoms with Crippen molar-refractivity contribution in [2.45, 2.75) is 6.61 Å². The molecule has 0 unspecified atom stereocenters. The van der Waals surface area contributed by atoms with E-state index in [0.29, 0.717) is 12.5 Å². The van der Waals surface area contributed by atoms with Gasteiger partial charge >= 0.3 is 0 Å². The number of aromatic nitrogens is 1. The molecule has 1 heterocycles. The molecule has 2 nitrogen and oxygen atoms in total. The zero-order valence-corrected chi connectivity index (χ0v) is 17.2. The predicted molar refractivity (Wildman–Crippen MR) is 123 cm³/mol. The fraction of sp³-hybridized carbons (Fsp3) is 0.0800. The van der Waals surface area contributed by atoms with Crippen LogP contribution in [-0.2, 0) is 6.61 Å². The summed E-state index contributed by atoms with van der Waals surface area (Å²) in [7, 11) is 0. The summed E-state index contributed by atoms with van der Waals surface area (Å²) in [6.07, 6.45) is 2.07. The number of ether oxygens (including phenoxy) is 1. The molecule has 1 aromatic heterocycles. The van der Waals surface area contributed by atoms with E-state index < -0.39 is 0 Å². The highest BCUT2D eigenvalue weighted by molar-refractivity contribution is 6.30. The van der Waals surface area contributed by atoms with Crippen LogP contribution < -0.4 is 4.74 Å². The van der Waals surface area contributed by atoms with E-state index in [2.05, 4.69) is 23.2 Å². The van der Waals surface area contributed by atoms with Crippen molar-refractivity contribution in [3.63, 3.8) is 0 Å². The first-order valence-corrected chi connectivity index (χ1v) is 10.2. The van der Waals surface area contributed by atoms with Gasteiger partial charge in [-0.25, -0.2) is 4.98 Å². The van der Waals surface area contributed by atoms with Gasteiger partial charge in [0.15, 0.2) is 0 Å². The topological polar surface area (TPSA) is 22.1 Å². The number of hydrogen-bond donors (Lipinski definition) is 0. The van der Waals surface area contributed by atoms with Gasteiger partial charge in [0.25, 0.3) is 0 Å². The van der Waals surface area contributed by atoms with Gasteiger partial charge in [0.1, 0.15) is 12.4 Å². The van der Waals surface area contributed by atoms with Gasteiger partial charge in [-0.05, 0) is 59.2 Å². The number of hydrogen-bond acceptors (Lipinski definition) is 2. The molecule has 0 amide bonds. The molecule has 0 aliphatic carbocycles. The van der Waals surface area contributed by atoms with Crippen LogP contribution in [0.4, 0.5) is 0 Å². The Morgan fingerprint density at radius 1 is 0.862 bits per heavy atom. The molecule has 4 heteroatoms. The van der Waals surface area contributed by atoms with E-state index in [1.165, 1.54) is 0 Å². The monoisotopic (exact) mass is 419 g/mol. The van der Waals surface area contributed by atoms with Gasteiger partial charge in [-0.3, -0.25) is 0 Å². The van der Waals surface area contributed by atoms with Gasteiger partial charge < -0.3 is 4.74 Å². The zero-order valence-electron chi connectivity index (χ0n) is 15.7. The standard InChI is InChI=1S/C25H19Cl2NO/c26-16-21(15-18-5-10-22(27)11-6-18)19-8-13-24(14-9-19)29-17-23-12-7-20-3-1-2-4-25(20)28-23/h1-15H,16-17H2. The Morgan fingerprint density at radius 2 is 1.62 bits per heavy atom. The average Bonchev–Trinajstić information content (AvgIpc) is 2.77. The van der Waals surface area contributed by atoms with Gasteiger partial charge in [-0.15, -0.1) is 11.6 Å². The number of rotatable bonds is 6. The number of alkyl halides is 1. The van der Waals surface area contributed by atoms with Gasteiger partial charge in [-0.2, -0.15) is 0 Å². The summed E-state index contributed by atoms with van der Waals surface area (Å²) in [6, 6.07) is 27.8. The molecule has 0 saturated carbocycles. The minimum absolute atomic E-state index is 0.420. The van der Waals surface area contributed by atoms with Crippen LogP contribution in [0.5, 0.6) is 5.75 Å². The Hall–Kier alpha value is -2.81. The average molecular weight is 420 g/mol. The second-order valence-corrected chi connectivity index (χ2v) is 7.37. The number of halogens is 2. The lowest BCUT2D eigenvalue weighted by Gasteiger charge is -2.09. The second-order valence-electron chi connectivity index (χ2n) is 6.66. The SMILES string of the molecule is ClCC(=Cc1ccc(Cl)cc1)c1ccc(OCc2ccc3ccccc3n2)cc1. The molecular weight excluding hydrogens is 401 g/mol. The Labute approximate surface area is 180 Å². The molecule has 0 aliphatic rings. The normalized spacial score (nSPS) is 11.6. The number of allylic oxidation sites excluding steroid dienone is 1. The van der Waals surface area contributed by atoms with E-state index in [0.717, 1.165) is 44.1 Å². The van der Waals surface area contributed by atoms with E-state index >= 15 is 0 Å². The van der Waals surface area contributed by atoms with Crippen LogP contribution in [0.1, 0.15) is 16.8 Å². The molecule has 4 rings (SSSR count). The molecule has 0 atom stereocenters. The smallest absolute Gasteiger partial charge is 0.130 e. The molecule has 0 fully saturated rings. The molecule has 0 radical (unpaired) electrons. The Balaban J connectivity index is 1.45. The highest BCUT2D eigenvalue weighted by Crippen LogP contribution is 2.24. The number of nitrogens with zero attached hydrogens (tertiary/aromatic N) is 1. The van der Waals surface area contributed by atoms with Crippen molar-refractivity contribution in [1.82, 2.24) is 4.98 Å². The number of benzene rings is 3. The van der Waals surface area contributed by atoms with Crippen LogP contribution in [0.3, 0.4) is 0 Å². The van der Waals surface area contributed by atoms with Crippen LogP contribution in [0.15, 0.2) is 84.9 Å². The maximum Gasteiger partial charge on any atom is 0.130 e. The highest BCUT2D eigenvalue weighted by atomic mass is 35.5. The minimum Gasteiger partial charge on any atom is -0.487 e. The van der Waals surface area contributed by atoms with Gasteiger partial charge in [0.2, 0.25) is 0 Å². The molecule has 144 valence electrons. The summed E-state index contributed by atoms with van der Waals surface area (Å²) in [4.78, 5) is 4.64. The van der Waals surface area contributed by atoms with Crippen molar-refractivity contribution in [3.05, 3.63) is 107 Å². The van der Waals surface area contributed by atoms with Crippen LogP contribution in [0.2, 0.25) is 5.02 Å². The first-order valence-electron chi connectivity index (χ1n) is 9.31. The number of fused-ring (bicyclic) bond motifs is 1. The van der Waals surface area contributed by atoms with Crippen LogP contribution in [0, 0.1) is 0 Å². The van der Waals surface area contributed by atoms with Crippen molar-refractivity contribution < 1.29 is 4.74 Å². The van der Waals surface area contributed by atoms with Gasteiger partial charge in [0.05, 0.1) is 11.2 Å². The Bertz CT molecular complexity index is 1140. The molecule has 0 spiro atoms. The molecular formula is C25H19Cl2NO. The maximum atomic E-state index is 6.18. The number of pyridine rings is 1. The predicted octanol–water partition coefficient (Wildman–Crippen LogP) is 7.25. The summed E-state index contributed by atoms with van der Waals surface area (Å²) >= 11 is 12.1. The molecule has 0 aliphatic heterocycles. The van der Waals surface area contributed by atoms with E-state index in [9.17, 15) is 0 Å². The van der Waals surface area contributed by atoms with Crippen LogP contribution in [-0.4, -0.2) is 10.9 Å². The molecule has 0 N–H and O–H groups in total. The zero-order chi connectivity index (χ0) is 20.1.